The minimum atomic E-state index is -3.35. The summed E-state index contributed by atoms with van der Waals surface area (Å²) in [6.45, 7) is 4.77. The van der Waals surface area contributed by atoms with Crippen LogP contribution in [0.5, 0.6) is 0 Å². The molecule has 2 saturated heterocycles. The quantitative estimate of drug-likeness (QED) is 0.718. The number of amides is 1. The van der Waals surface area contributed by atoms with E-state index in [1.165, 1.54) is 6.42 Å². The molecule has 0 saturated carbocycles. The van der Waals surface area contributed by atoms with Crippen molar-refractivity contribution >= 4 is 31.9 Å². The van der Waals surface area contributed by atoms with Gasteiger partial charge in [0.25, 0.3) is 0 Å². The molecule has 3 rings (SSSR count). The van der Waals surface area contributed by atoms with Crippen molar-refractivity contribution in [1.82, 2.24) is 9.21 Å². The molecular weight excluding hydrogens is 416 g/mol. The number of sulfonamides is 1. The number of piperidine rings is 2. The highest BCUT2D eigenvalue weighted by atomic mass is 79.9. The van der Waals surface area contributed by atoms with Crippen molar-refractivity contribution in [3.8, 4) is 0 Å². The topological polar surface area (TPSA) is 57.7 Å². The number of likely N-dealkylation sites (tertiary alicyclic amines) is 1. The minimum Gasteiger partial charge on any atom is -0.342 e. The molecule has 2 heterocycles. The first kappa shape index (κ1) is 19.8. The zero-order valence-corrected chi connectivity index (χ0v) is 17.6. The summed E-state index contributed by atoms with van der Waals surface area (Å²) < 4.78 is 27.8. The van der Waals surface area contributed by atoms with Crippen molar-refractivity contribution in [3.63, 3.8) is 0 Å². The highest BCUT2D eigenvalue weighted by molar-refractivity contribution is 9.10. The molecule has 7 heteroatoms. The van der Waals surface area contributed by atoms with Gasteiger partial charge in [-0.05, 0) is 49.3 Å². The van der Waals surface area contributed by atoms with Gasteiger partial charge in [0.15, 0.2) is 0 Å². The van der Waals surface area contributed by atoms with Crippen molar-refractivity contribution in [1.29, 1.82) is 0 Å². The number of halogens is 1. The van der Waals surface area contributed by atoms with Crippen LogP contribution in [0.3, 0.4) is 0 Å². The van der Waals surface area contributed by atoms with E-state index in [1.807, 2.05) is 29.2 Å². The van der Waals surface area contributed by atoms with Crippen molar-refractivity contribution in [2.75, 3.05) is 26.2 Å². The summed E-state index contributed by atoms with van der Waals surface area (Å²) in [4.78, 5) is 14.7. The van der Waals surface area contributed by atoms with Gasteiger partial charge in [-0.3, -0.25) is 4.79 Å². The van der Waals surface area contributed by atoms with Gasteiger partial charge in [0, 0.05) is 36.6 Å². The summed E-state index contributed by atoms with van der Waals surface area (Å²) >= 11 is 3.38. The first-order chi connectivity index (χ1) is 12.3. The molecule has 5 nitrogen and oxygen atoms in total. The van der Waals surface area contributed by atoms with Crippen LogP contribution >= 0.6 is 15.9 Å². The third kappa shape index (κ3) is 4.87. The lowest BCUT2D eigenvalue weighted by atomic mass is 9.93. The number of carbonyl (C=O) groups excluding carboxylic acids is 1. The van der Waals surface area contributed by atoms with E-state index in [1.54, 1.807) is 4.31 Å². The highest BCUT2D eigenvalue weighted by Gasteiger charge is 2.34. The Morgan fingerprint density at radius 1 is 1.19 bits per heavy atom. The van der Waals surface area contributed by atoms with E-state index in [0.717, 1.165) is 29.5 Å². The van der Waals surface area contributed by atoms with Crippen LogP contribution in [-0.4, -0.2) is 49.7 Å². The third-order valence-electron chi connectivity index (χ3n) is 5.40. The Balaban J connectivity index is 1.56. The molecule has 0 radical (unpaired) electrons. The molecule has 2 fully saturated rings. The smallest absolute Gasteiger partial charge is 0.225 e. The summed E-state index contributed by atoms with van der Waals surface area (Å²) in [5, 5.41) is 0. The molecular formula is C19H27BrN2O3S. The van der Waals surface area contributed by atoms with Gasteiger partial charge in [0.1, 0.15) is 0 Å². The van der Waals surface area contributed by atoms with Crippen LogP contribution in [0.15, 0.2) is 28.7 Å². The van der Waals surface area contributed by atoms with Crippen LogP contribution in [0, 0.1) is 11.8 Å². The van der Waals surface area contributed by atoms with E-state index >= 15 is 0 Å². The second-order valence-corrected chi connectivity index (χ2v) is 10.5. The number of benzene rings is 1. The predicted molar refractivity (Wildman–Crippen MR) is 106 cm³/mol. The molecule has 1 amide bonds. The molecule has 1 atom stereocenters. The van der Waals surface area contributed by atoms with E-state index < -0.39 is 10.0 Å². The van der Waals surface area contributed by atoms with Gasteiger partial charge >= 0.3 is 0 Å². The number of hydrogen-bond acceptors (Lipinski definition) is 3. The number of nitrogens with zero attached hydrogens (tertiary/aromatic N) is 2. The Hall–Kier alpha value is -0.920. The fourth-order valence-electron chi connectivity index (χ4n) is 3.96. The molecule has 0 aromatic heterocycles. The zero-order chi connectivity index (χ0) is 18.7. The summed E-state index contributed by atoms with van der Waals surface area (Å²) in [6.07, 6.45) is 3.52. The first-order valence-electron chi connectivity index (χ1n) is 9.36. The number of rotatable bonds is 4. The van der Waals surface area contributed by atoms with Gasteiger partial charge < -0.3 is 4.90 Å². The van der Waals surface area contributed by atoms with Crippen molar-refractivity contribution in [2.45, 2.75) is 38.4 Å². The van der Waals surface area contributed by atoms with Crippen LogP contribution in [0.2, 0.25) is 0 Å². The summed E-state index contributed by atoms with van der Waals surface area (Å²) in [5.41, 5.74) is 0.778. The maximum atomic E-state index is 12.7. The van der Waals surface area contributed by atoms with E-state index in [9.17, 15) is 13.2 Å². The summed E-state index contributed by atoms with van der Waals surface area (Å²) in [5.74, 6) is 0.769. The maximum Gasteiger partial charge on any atom is 0.225 e. The third-order valence-corrected chi connectivity index (χ3v) is 7.75. The molecule has 0 bridgehead atoms. The number of carbonyl (C=O) groups is 1. The van der Waals surface area contributed by atoms with Crippen LogP contribution in [-0.2, 0) is 20.6 Å². The molecule has 1 unspecified atom stereocenters. The molecule has 0 N–H and O–H groups in total. The van der Waals surface area contributed by atoms with E-state index in [2.05, 4.69) is 22.9 Å². The van der Waals surface area contributed by atoms with Gasteiger partial charge in [-0.25, -0.2) is 12.7 Å². The van der Waals surface area contributed by atoms with Crippen LogP contribution in [0.4, 0.5) is 0 Å². The molecule has 26 heavy (non-hydrogen) atoms. The molecule has 0 aliphatic carbocycles. The van der Waals surface area contributed by atoms with Gasteiger partial charge in [-0.1, -0.05) is 35.0 Å². The fraction of sp³-hybridized carbons (Fsp3) is 0.632. The van der Waals surface area contributed by atoms with Gasteiger partial charge in [0.2, 0.25) is 15.9 Å². The van der Waals surface area contributed by atoms with Crippen LogP contribution in [0.1, 0.15) is 38.2 Å². The van der Waals surface area contributed by atoms with Gasteiger partial charge in [0.05, 0.1) is 5.75 Å². The molecule has 1 aromatic carbocycles. The molecule has 2 aliphatic rings. The predicted octanol–water partition coefficient (Wildman–Crippen LogP) is 3.25. The Kier molecular flexibility index (Phi) is 6.41. The zero-order valence-electron chi connectivity index (χ0n) is 15.2. The Bertz CT molecular complexity index is 745. The standard InChI is InChI=1S/C19H27BrN2O3S/c1-15-4-3-9-21(13-15)19(23)17-7-10-22(11-8-17)26(24,25)14-16-5-2-6-18(20)12-16/h2,5-6,12,15,17H,3-4,7-11,13-14H2,1H3. The SMILES string of the molecule is CC1CCCN(C(=O)C2CCN(S(=O)(=O)Cc3cccc(Br)c3)CC2)C1. The maximum absolute atomic E-state index is 12.7. The van der Waals surface area contributed by atoms with E-state index in [-0.39, 0.29) is 17.6 Å². The Morgan fingerprint density at radius 2 is 1.92 bits per heavy atom. The summed E-state index contributed by atoms with van der Waals surface area (Å²) in [6, 6.07) is 7.40. The molecule has 0 spiro atoms. The monoisotopic (exact) mass is 442 g/mol. The lowest BCUT2D eigenvalue weighted by molar-refractivity contribution is -0.138. The number of hydrogen-bond donors (Lipinski definition) is 0. The second-order valence-electron chi connectivity index (χ2n) is 7.59. The van der Waals surface area contributed by atoms with Crippen LogP contribution in [0.25, 0.3) is 0 Å². The van der Waals surface area contributed by atoms with E-state index in [0.29, 0.717) is 31.8 Å². The first-order valence-corrected chi connectivity index (χ1v) is 11.8. The van der Waals surface area contributed by atoms with Gasteiger partial charge in [-0.2, -0.15) is 0 Å². The van der Waals surface area contributed by atoms with Crippen molar-refractivity contribution in [3.05, 3.63) is 34.3 Å². The molecule has 144 valence electrons. The lowest BCUT2D eigenvalue weighted by Gasteiger charge is -2.36. The van der Waals surface area contributed by atoms with Crippen molar-refractivity contribution in [2.24, 2.45) is 11.8 Å². The molecule has 1 aromatic rings. The molecule has 2 aliphatic heterocycles. The Labute approximate surface area is 164 Å². The minimum absolute atomic E-state index is 0.00862. The van der Waals surface area contributed by atoms with Crippen LogP contribution < -0.4 is 0 Å². The Morgan fingerprint density at radius 3 is 2.58 bits per heavy atom. The second kappa shape index (κ2) is 8.40. The lowest BCUT2D eigenvalue weighted by Crippen LogP contribution is -2.47. The largest absolute Gasteiger partial charge is 0.342 e. The normalized spacial score (nSPS) is 23.2. The fourth-order valence-corrected chi connectivity index (χ4v) is 5.95. The van der Waals surface area contributed by atoms with Gasteiger partial charge in [-0.15, -0.1) is 0 Å². The summed E-state index contributed by atoms with van der Waals surface area (Å²) in [7, 11) is -3.35. The van der Waals surface area contributed by atoms with Crippen molar-refractivity contribution < 1.29 is 13.2 Å². The average Bonchev–Trinajstić information content (AvgIpc) is 2.61. The van der Waals surface area contributed by atoms with E-state index in [4.69, 9.17) is 0 Å². The highest BCUT2D eigenvalue weighted by Crippen LogP contribution is 2.26. The average molecular weight is 443 g/mol.